The first kappa shape index (κ1) is 13.9. The number of nitrogens with zero attached hydrogens (tertiary/aromatic N) is 1. The molecule has 1 aliphatic rings. The molecule has 3 N–H and O–H groups in total. The van der Waals surface area contributed by atoms with Crippen LogP contribution in [0.2, 0.25) is 0 Å². The second kappa shape index (κ2) is 5.44. The Hall–Kier alpha value is -0.170. The van der Waals surface area contributed by atoms with E-state index in [-0.39, 0.29) is 6.54 Å². The van der Waals surface area contributed by atoms with Crippen LogP contribution in [-0.2, 0) is 10.2 Å². The summed E-state index contributed by atoms with van der Waals surface area (Å²) in [5.74, 6) is 0. The lowest BCUT2D eigenvalue weighted by molar-refractivity contribution is 0.405. The van der Waals surface area contributed by atoms with E-state index in [9.17, 15) is 8.42 Å². The average molecular weight is 249 g/mol. The monoisotopic (exact) mass is 249 g/mol. The molecule has 1 fully saturated rings. The third kappa shape index (κ3) is 4.78. The van der Waals surface area contributed by atoms with Crippen LogP contribution in [0, 0.1) is 0 Å². The molecule has 0 aliphatic carbocycles. The molecule has 0 atom stereocenters. The van der Waals surface area contributed by atoms with Crippen molar-refractivity contribution in [2.75, 3.05) is 19.6 Å². The van der Waals surface area contributed by atoms with Gasteiger partial charge in [-0.15, -0.1) is 0 Å². The Labute approximate surface area is 98.6 Å². The number of hydrogen-bond donors (Lipinski definition) is 2. The summed E-state index contributed by atoms with van der Waals surface area (Å²) in [7, 11) is -3.34. The molecule has 1 aliphatic heterocycles. The summed E-state index contributed by atoms with van der Waals surface area (Å²) in [5, 5.41) is 0. The highest BCUT2D eigenvalue weighted by Gasteiger charge is 2.24. The van der Waals surface area contributed by atoms with Crippen LogP contribution >= 0.6 is 0 Å². The largest absolute Gasteiger partial charge is 0.324 e. The zero-order valence-electron chi connectivity index (χ0n) is 10.2. The fourth-order valence-corrected chi connectivity index (χ4v) is 3.13. The molecule has 0 aromatic heterocycles. The molecule has 5 nitrogen and oxygen atoms in total. The van der Waals surface area contributed by atoms with Gasteiger partial charge in [0.2, 0.25) is 0 Å². The van der Waals surface area contributed by atoms with Crippen molar-refractivity contribution in [3.05, 3.63) is 0 Å². The van der Waals surface area contributed by atoms with Gasteiger partial charge < -0.3 is 5.73 Å². The van der Waals surface area contributed by atoms with Gasteiger partial charge in [0.25, 0.3) is 10.2 Å². The molecule has 0 amide bonds. The standard InChI is InChI=1S/C10H23N3O2S/c1-10(2,11)9-12-16(14,15)13-7-5-3-4-6-8-13/h12H,3-9,11H2,1-2H3. The zero-order chi connectivity index (χ0) is 12.2. The first-order valence-electron chi connectivity index (χ1n) is 5.85. The van der Waals surface area contributed by atoms with Crippen LogP contribution in [0.5, 0.6) is 0 Å². The topological polar surface area (TPSA) is 75.4 Å². The minimum Gasteiger partial charge on any atom is -0.324 e. The SMILES string of the molecule is CC(C)(N)CNS(=O)(=O)N1CCCCCC1. The van der Waals surface area contributed by atoms with Crippen molar-refractivity contribution in [3.8, 4) is 0 Å². The number of nitrogens with two attached hydrogens (primary N) is 1. The summed E-state index contributed by atoms with van der Waals surface area (Å²) in [6.45, 7) is 5.13. The normalized spacial score (nSPS) is 20.7. The van der Waals surface area contributed by atoms with E-state index in [2.05, 4.69) is 4.72 Å². The van der Waals surface area contributed by atoms with Crippen LogP contribution in [0.25, 0.3) is 0 Å². The predicted octanol–water partition coefficient (Wildman–Crippen LogP) is 0.434. The fourth-order valence-electron chi connectivity index (χ4n) is 1.65. The molecule has 16 heavy (non-hydrogen) atoms. The maximum atomic E-state index is 11.9. The second-order valence-electron chi connectivity index (χ2n) is 5.13. The van der Waals surface area contributed by atoms with Crippen molar-refractivity contribution in [3.63, 3.8) is 0 Å². The van der Waals surface area contributed by atoms with Gasteiger partial charge in [0.15, 0.2) is 0 Å². The van der Waals surface area contributed by atoms with Gasteiger partial charge in [-0.1, -0.05) is 12.8 Å². The van der Waals surface area contributed by atoms with Crippen LogP contribution in [-0.4, -0.2) is 37.9 Å². The van der Waals surface area contributed by atoms with Crippen molar-refractivity contribution >= 4 is 10.2 Å². The van der Waals surface area contributed by atoms with Gasteiger partial charge >= 0.3 is 0 Å². The highest BCUT2D eigenvalue weighted by molar-refractivity contribution is 7.87. The van der Waals surface area contributed by atoms with E-state index >= 15 is 0 Å². The Bertz CT molecular complexity index is 301. The van der Waals surface area contributed by atoms with Gasteiger partial charge in [0, 0.05) is 25.2 Å². The maximum Gasteiger partial charge on any atom is 0.279 e. The first-order valence-corrected chi connectivity index (χ1v) is 7.29. The molecular formula is C10H23N3O2S. The van der Waals surface area contributed by atoms with Gasteiger partial charge in [0.05, 0.1) is 0 Å². The van der Waals surface area contributed by atoms with E-state index < -0.39 is 15.7 Å². The van der Waals surface area contributed by atoms with Crippen LogP contribution in [0.1, 0.15) is 39.5 Å². The maximum absolute atomic E-state index is 11.9. The van der Waals surface area contributed by atoms with Crippen LogP contribution in [0.3, 0.4) is 0 Å². The van der Waals surface area contributed by atoms with Crippen LogP contribution in [0.4, 0.5) is 0 Å². The Morgan fingerprint density at radius 3 is 2.12 bits per heavy atom. The smallest absolute Gasteiger partial charge is 0.279 e. The Balaban J connectivity index is 2.55. The predicted molar refractivity (Wildman–Crippen MR) is 65.2 cm³/mol. The van der Waals surface area contributed by atoms with Gasteiger partial charge in [-0.2, -0.15) is 12.7 Å². The summed E-state index contributed by atoms with van der Waals surface area (Å²) in [6, 6.07) is 0. The molecule has 96 valence electrons. The lowest BCUT2D eigenvalue weighted by Crippen LogP contribution is -2.49. The van der Waals surface area contributed by atoms with E-state index in [0.29, 0.717) is 13.1 Å². The van der Waals surface area contributed by atoms with Crippen molar-refractivity contribution in [1.29, 1.82) is 0 Å². The first-order chi connectivity index (χ1) is 7.31. The minimum absolute atomic E-state index is 0.270. The summed E-state index contributed by atoms with van der Waals surface area (Å²) < 4.78 is 28.0. The van der Waals surface area contributed by atoms with Gasteiger partial charge in [-0.25, -0.2) is 4.72 Å². The summed E-state index contributed by atoms with van der Waals surface area (Å²) in [6.07, 6.45) is 4.14. The fraction of sp³-hybridized carbons (Fsp3) is 1.00. The van der Waals surface area contributed by atoms with Crippen LogP contribution in [0.15, 0.2) is 0 Å². The molecule has 0 radical (unpaired) electrons. The average Bonchev–Trinajstić information content (AvgIpc) is 2.42. The minimum atomic E-state index is -3.34. The van der Waals surface area contributed by atoms with E-state index in [4.69, 9.17) is 5.73 Å². The van der Waals surface area contributed by atoms with Gasteiger partial charge in [-0.3, -0.25) is 0 Å². The van der Waals surface area contributed by atoms with Crippen LogP contribution < -0.4 is 10.5 Å². The van der Waals surface area contributed by atoms with Crippen molar-refractivity contribution in [2.24, 2.45) is 5.73 Å². The highest BCUT2D eigenvalue weighted by Crippen LogP contribution is 2.12. The van der Waals surface area contributed by atoms with E-state index in [0.717, 1.165) is 25.7 Å². The second-order valence-corrected chi connectivity index (χ2v) is 6.88. The number of rotatable bonds is 4. The third-order valence-electron chi connectivity index (χ3n) is 2.62. The Kier molecular flexibility index (Phi) is 4.73. The van der Waals surface area contributed by atoms with Crippen molar-refractivity contribution in [2.45, 2.75) is 45.1 Å². The highest BCUT2D eigenvalue weighted by atomic mass is 32.2. The van der Waals surface area contributed by atoms with Crippen molar-refractivity contribution < 1.29 is 8.42 Å². The molecule has 1 rings (SSSR count). The molecule has 0 spiro atoms. The molecule has 1 heterocycles. The molecule has 1 saturated heterocycles. The Morgan fingerprint density at radius 2 is 1.69 bits per heavy atom. The quantitative estimate of drug-likeness (QED) is 0.759. The molecule has 0 unspecified atom stereocenters. The molecule has 0 aromatic carbocycles. The van der Waals surface area contributed by atoms with Gasteiger partial charge in [0.1, 0.15) is 0 Å². The zero-order valence-corrected chi connectivity index (χ0v) is 11.0. The van der Waals surface area contributed by atoms with Gasteiger partial charge in [-0.05, 0) is 26.7 Å². The van der Waals surface area contributed by atoms with Crippen molar-refractivity contribution in [1.82, 2.24) is 9.03 Å². The molecular weight excluding hydrogens is 226 g/mol. The lowest BCUT2D eigenvalue weighted by atomic mass is 10.1. The Morgan fingerprint density at radius 1 is 1.19 bits per heavy atom. The number of nitrogens with one attached hydrogen (secondary N) is 1. The summed E-state index contributed by atoms with van der Waals surface area (Å²) in [5.41, 5.74) is 5.24. The van der Waals surface area contributed by atoms with E-state index in [1.165, 1.54) is 4.31 Å². The van der Waals surface area contributed by atoms with E-state index in [1.54, 1.807) is 13.8 Å². The summed E-state index contributed by atoms with van der Waals surface area (Å²) >= 11 is 0. The van der Waals surface area contributed by atoms with E-state index in [1.807, 2.05) is 0 Å². The molecule has 0 saturated carbocycles. The number of hydrogen-bond acceptors (Lipinski definition) is 3. The molecule has 0 aromatic rings. The molecule has 0 bridgehead atoms. The molecule has 6 heteroatoms. The third-order valence-corrected chi connectivity index (χ3v) is 4.17. The lowest BCUT2D eigenvalue weighted by Gasteiger charge is -2.24. The summed E-state index contributed by atoms with van der Waals surface area (Å²) in [4.78, 5) is 0.